The minimum absolute atomic E-state index is 0.303. The van der Waals surface area contributed by atoms with Crippen LogP contribution in [0.3, 0.4) is 0 Å². The van der Waals surface area contributed by atoms with E-state index in [0.717, 1.165) is 5.56 Å². The second-order valence-electron chi connectivity index (χ2n) is 4.48. The molecular formula is C11H14BrFN2O2S. The van der Waals surface area contributed by atoms with Gasteiger partial charge in [0.2, 0.25) is 10.0 Å². The quantitative estimate of drug-likeness (QED) is 0.908. The van der Waals surface area contributed by atoms with E-state index in [2.05, 4.69) is 15.9 Å². The van der Waals surface area contributed by atoms with Gasteiger partial charge in [-0.3, -0.25) is 4.90 Å². The van der Waals surface area contributed by atoms with E-state index < -0.39 is 15.3 Å². The first-order valence-corrected chi connectivity index (χ1v) is 7.94. The van der Waals surface area contributed by atoms with E-state index in [1.54, 1.807) is 12.1 Å². The van der Waals surface area contributed by atoms with Crippen LogP contribution in [0, 0.1) is 5.82 Å². The summed E-state index contributed by atoms with van der Waals surface area (Å²) < 4.78 is 35.9. The van der Waals surface area contributed by atoms with Crippen LogP contribution in [-0.4, -0.2) is 31.7 Å². The second kappa shape index (κ2) is 5.24. The number of nitrogens with zero attached hydrogens (tertiary/aromatic N) is 1. The van der Waals surface area contributed by atoms with Crippen molar-refractivity contribution in [1.82, 2.24) is 4.90 Å². The summed E-state index contributed by atoms with van der Waals surface area (Å²) in [5.41, 5.74) is 0.943. The summed E-state index contributed by atoms with van der Waals surface area (Å²) in [6.45, 7) is 1.73. The number of hydrogen-bond acceptors (Lipinski definition) is 3. The Labute approximate surface area is 114 Å². The lowest BCUT2D eigenvalue weighted by Gasteiger charge is -2.15. The predicted molar refractivity (Wildman–Crippen MR) is 70.9 cm³/mol. The van der Waals surface area contributed by atoms with E-state index in [1.165, 1.54) is 6.07 Å². The maximum atomic E-state index is 13.1. The van der Waals surface area contributed by atoms with Crippen LogP contribution >= 0.6 is 15.9 Å². The minimum atomic E-state index is -3.45. The van der Waals surface area contributed by atoms with Crippen molar-refractivity contribution < 1.29 is 12.8 Å². The Hall–Kier alpha value is -0.500. The Balaban J connectivity index is 2.01. The Bertz CT molecular complexity index is 550. The van der Waals surface area contributed by atoms with Crippen LogP contribution < -0.4 is 5.14 Å². The summed E-state index contributed by atoms with van der Waals surface area (Å²) in [6, 6.07) is 4.80. The zero-order valence-electron chi connectivity index (χ0n) is 9.64. The van der Waals surface area contributed by atoms with Gasteiger partial charge < -0.3 is 0 Å². The van der Waals surface area contributed by atoms with Gasteiger partial charge in [0, 0.05) is 13.1 Å². The molecule has 0 radical (unpaired) electrons. The number of nitrogens with two attached hydrogens (primary N) is 1. The Morgan fingerprint density at radius 3 is 2.78 bits per heavy atom. The molecule has 100 valence electrons. The third-order valence-electron chi connectivity index (χ3n) is 3.08. The molecule has 1 aromatic rings. The fraction of sp³-hybridized carbons (Fsp3) is 0.455. The maximum Gasteiger partial charge on any atom is 0.213 e. The average Bonchev–Trinajstić information content (AvgIpc) is 2.72. The smallest absolute Gasteiger partial charge is 0.213 e. The standard InChI is InChI=1S/C11H14BrFN2O2S/c12-10-5-8(1-2-11(10)13)6-15-4-3-9(7-15)18(14,16)17/h1-2,5,9H,3-4,6-7H2,(H2,14,16,17)/t9-/m0/s1. The van der Waals surface area contributed by atoms with Gasteiger partial charge in [-0.05, 0) is 46.6 Å². The zero-order valence-corrected chi connectivity index (χ0v) is 12.0. The van der Waals surface area contributed by atoms with E-state index >= 15 is 0 Å². The Morgan fingerprint density at radius 2 is 2.22 bits per heavy atom. The number of sulfonamides is 1. The van der Waals surface area contributed by atoms with Gasteiger partial charge in [-0.15, -0.1) is 0 Å². The summed E-state index contributed by atoms with van der Waals surface area (Å²) >= 11 is 3.13. The van der Waals surface area contributed by atoms with Crippen molar-refractivity contribution in [1.29, 1.82) is 0 Å². The van der Waals surface area contributed by atoms with Crippen LogP contribution in [0.25, 0.3) is 0 Å². The van der Waals surface area contributed by atoms with E-state index in [4.69, 9.17) is 5.14 Å². The molecule has 0 unspecified atom stereocenters. The normalized spacial score (nSPS) is 21.4. The Morgan fingerprint density at radius 1 is 1.50 bits per heavy atom. The molecule has 1 saturated heterocycles. The van der Waals surface area contributed by atoms with Crippen molar-refractivity contribution in [2.24, 2.45) is 5.14 Å². The summed E-state index contributed by atoms with van der Waals surface area (Å²) in [4.78, 5) is 2.01. The topological polar surface area (TPSA) is 63.4 Å². The van der Waals surface area contributed by atoms with Crippen molar-refractivity contribution in [2.75, 3.05) is 13.1 Å². The molecule has 1 heterocycles. The first-order valence-electron chi connectivity index (χ1n) is 5.54. The van der Waals surface area contributed by atoms with Gasteiger partial charge in [0.05, 0.1) is 9.72 Å². The third-order valence-corrected chi connectivity index (χ3v) is 5.01. The molecule has 1 aliphatic heterocycles. The van der Waals surface area contributed by atoms with E-state index in [0.29, 0.717) is 30.5 Å². The fourth-order valence-electron chi connectivity index (χ4n) is 2.11. The monoisotopic (exact) mass is 336 g/mol. The van der Waals surface area contributed by atoms with Crippen LogP contribution in [0.1, 0.15) is 12.0 Å². The molecule has 0 amide bonds. The highest BCUT2D eigenvalue weighted by atomic mass is 79.9. The van der Waals surface area contributed by atoms with Crippen molar-refractivity contribution in [2.45, 2.75) is 18.2 Å². The van der Waals surface area contributed by atoms with Crippen molar-refractivity contribution in [3.63, 3.8) is 0 Å². The van der Waals surface area contributed by atoms with Crippen molar-refractivity contribution in [3.05, 3.63) is 34.1 Å². The maximum absolute atomic E-state index is 13.1. The lowest BCUT2D eigenvalue weighted by atomic mass is 10.2. The summed E-state index contributed by atoms with van der Waals surface area (Å²) in [6.07, 6.45) is 0.557. The van der Waals surface area contributed by atoms with E-state index in [-0.39, 0.29) is 5.82 Å². The lowest BCUT2D eigenvalue weighted by molar-refractivity contribution is 0.331. The molecule has 2 rings (SSSR count). The fourth-order valence-corrected chi connectivity index (χ4v) is 3.38. The molecule has 0 spiro atoms. The molecule has 1 atom stereocenters. The molecule has 0 bridgehead atoms. The number of halogens is 2. The second-order valence-corrected chi connectivity index (χ2v) is 7.18. The average molecular weight is 337 g/mol. The molecule has 1 aromatic carbocycles. The highest BCUT2D eigenvalue weighted by Gasteiger charge is 2.30. The summed E-state index contributed by atoms with van der Waals surface area (Å²) in [5.74, 6) is -0.303. The van der Waals surface area contributed by atoms with Gasteiger partial charge >= 0.3 is 0 Å². The number of primary sulfonamides is 1. The van der Waals surface area contributed by atoms with Gasteiger partial charge in [0.15, 0.2) is 0 Å². The van der Waals surface area contributed by atoms with Gasteiger partial charge in [-0.1, -0.05) is 6.07 Å². The lowest BCUT2D eigenvalue weighted by Crippen LogP contribution is -2.31. The van der Waals surface area contributed by atoms with E-state index in [1.807, 2.05) is 4.90 Å². The molecule has 0 aromatic heterocycles. The van der Waals surface area contributed by atoms with Gasteiger partial charge in [0.1, 0.15) is 5.82 Å². The van der Waals surface area contributed by atoms with Crippen molar-refractivity contribution in [3.8, 4) is 0 Å². The molecule has 0 aliphatic carbocycles. The number of benzene rings is 1. The number of hydrogen-bond donors (Lipinski definition) is 1. The third kappa shape index (κ3) is 3.28. The van der Waals surface area contributed by atoms with Crippen LogP contribution in [0.2, 0.25) is 0 Å². The predicted octanol–water partition coefficient (Wildman–Crippen LogP) is 1.45. The number of likely N-dealkylation sites (tertiary alicyclic amines) is 1. The highest BCUT2D eigenvalue weighted by Crippen LogP contribution is 2.21. The van der Waals surface area contributed by atoms with Gasteiger partial charge in [-0.2, -0.15) is 0 Å². The minimum Gasteiger partial charge on any atom is -0.298 e. The molecule has 1 fully saturated rings. The largest absolute Gasteiger partial charge is 0.298 e. The molecule has 0 saturated carbocycles. The van der Waals surface area contributed by atoms with Gasteiger partial charge in [-0.25, -0.2) is 17.9 Å². The first kappa shape index (κ1) is 13.9. The molecule has 7 heteroatoms. The van der Waals surface area contributed by atoms with Crippen LogP contribution in [0.5, 0.6) is 0 Å². The van der Waals surface area contributed by atoms with E-state index in [9.17, 15) is 12.8 Å². The summed E-state index contributed by atoms with van der Waals surface area (Å²) in [5, 5.41) is 4.64. The first-order chi connectivity index (χ1) is 8.36. The summed E-state index contributed by atoms with van der Waals surface area (Å²) in [7, 11) is -3.45. The molecule has 4 nitrogen and oxygen atoms in total. The van der Waals surface area contributed by atoms with Crippen molar-refractivity contribution >= 4 is 26.0 Å². The number of rotatable bonds is 3. The molecule has 2 N–H and O–H groups in total. The zero-order chi connectivity index (χ0) is 13.3. The van der Waals surface area contributed by atoms with Gasteiger partial charge in [0.25, 0.3) is 0 Å². The highest BCUT2D eigenvalue weighted by molar-refractivity contribution is 9.10. The molecule has 18 heavy (non-hydrogen) atoms. The Kier molecular flexibility index (Phi) is 4.05. The molecular weight excluding hydrogens is 323 g/mol. The van der Waals surface area contributed by atoms with Crippen LogP contribution in [0.15, 0.2) is 22.7 Å². The SMILES string of the molecule is NS(=O)(=O)[C@H]1CCN(Cc2ccc(F)c(Br)c2)C1. The molecule has 1 aliphatic rings. The van der Waals surface area contributed by atoms with Crippen LogP contribution in [-0.2, 0) is 16.6 Å². The van der Waals surface area contributed by atoms with Crippen LogP contribution in [0.4, 0.5) is 4.39 Å².